The minimum Gasteiger partial charge on any atom is -0.493 e. The van der Waals surface area contributed by atoms with Crippen LogP contribution >= 0.6 is 0 Å². The number of hydrogen-bond acceptors (Lipinski definition) is 5. The number of piperazine rings is 1. The maximum Gasteiger partial charge on any atom is 0.308 e. The van der Waals surface area contributed by atoms with Gasteiger partial charge in [0.25, 0.3) is 5.91 Å². The van der Waals surface area contributed by atoms with Gasteiger partial charge >= 0.3 is 5.97 Å². The summed E-state index contributed by atoms with van der Waals surface area (Å²) in [5.74, 6) is -0.451. The first-order chi connectivity index (χ1) is 15.5. The van der Waals surface area contributed by atoms with Gasteiger partial charge in [0.2, 0.25) is 5.91 Å². The molecule has 32 heavy (non-hydrogen) atoms. The maximum absolute atomic E-state index is 13.1. The first-order valence-corrected chi connectivity index (χ1v) is 11.0. The van der Waals surface area contributed by atoms with E-state index >= 15 is 0 Å². The van der Waals surface area contributed by atoms with E-state index in [0.717, 1.165) is 6.42 Å². The Morgan fingerprint density at radius 1 is 1.12 bits per heavy atom. The quantitative estimate of drug-likeness (QED) is 0.609. The normalized spacial score (nSPS) is 16.8. The van der Waals surface area contributed by atoms with Crippen LogP contribution in [0.15, 0.2) is 54.6 Å². The number of nitrogens with zero attached hydrogens (tertiary/aromatic N) is 1. The lowest BCUT2D eigenvalue weighted by atomic mass is 10.1. The molecule has 1 aliphatic heterocycles. The Balaban J connectivity index is 1.60. The van der Waals surface area contributed by atoms with Gasteiger partial charge in [-0.15, -0.1) is 0 Å². The molecule has 0 saturated carbocycles. The molecule has 7 nitrogen and oxygen atoms in total. The van der Waals surface area contributed by atoms with Crippen LogP contribution in [0.5, 0.6) is 5.75 Å². The molecule has 0 aliphatic carbocycles. The Morgan fingerprint density at radius 3 is 2.53 bits per heavy atom. The summed E-state index contributed by atoms with van der Waals surface area (Å²) >= 11 is 0. The highest BCUT2D eigenvalue weighted by Crippen LogP contribution is 2.18. The standard InChI is InChI=1S/C25H30N2O5/c1-3-18(2)32-23(28)17-22-24(29)26-14-15-27(22)25(30)20-9-11-21(12-10-20)31-16-13-19-7-5-4-6-8-19/h4-12,18,22H,3,13-17H2,1-2H3,(H,26,29). The van der Waals surface area contributed by atoms with E-state index in [1.54, 1.807) is 31.2 Å². The summed E-state index contributed by atoms with van der Waals surface area (Å²) in [5, 5.41) is 2.73. The van der Waals surface area contributed by atoms with Crippen LogP contribution in [0, 0.1) is 0 Å². The van der Waals surface area contributed by atoms with Crippen LogP contribution in [0.2, 0.25) is 0 Å². The summed E-state index contributed by atoms with van der Waals surface area (Å²) in [4.78, 5) is 39.1. The van der Waals surface area contributed by atoms with Gasteiger partial charge in [-0.25, -0.2) is 0 Å². The SMILES string of the molecule is CCC(C)OC(=O)CC1C(=O)NCCN1C(=O)c1ccc(OCCc2ccccc2)cc1. The summed E-state index contributed by atoms with van der Waals surface area (Å²) in [5.41, 5.74) is 1.64. The van der Waals surface area contributed by atoms with Crippen molar-refractivity contribution in [2.75, 3.05) is 19.7 Å². The lowest BCUT2D eigenvalue weighted by molar-refractivity contribution is -0.151. The molecule has 1 aliphatic rings. The minimum absolute atomic E-state index is 0.164. The number of rotatable bonds is 9. The zero-order valence-electron chi connectivity index (χ0n) is 18.6. The summed E-state index contributed by atoms with van der Waals surface area (Å²) in [7, 11) is 0. The minimum atomic E-state index is -0.880. The molecule has 1 saturated heterocycles. The molecule has 1 fully saturated rings. The fourth-order valence-corrected chi connectivity index (χ4v) is 3.47. The second-order valence-electron chi connectivity index (χ2n) is 7.83. The molecule has 1 N–H and O–H groups in total. The van der Waals surface area contributed by atoms with Crippen LogP contribution in [0.4, 0.5) is 0 Å². The van der Waals surface area contributed by atoms with E-state index in [0.29, 0.717) is 37.4 Å². The number of nitrogens with one attached hydrogen (secondary N) is 1. The second-order valence-corrected chi connectivity index (χ2v) is 7.83. The lowest BCUT2D eigenvalue weighted by Gasteiger charge is -2.34. The summed E-state index contributed by atoms with van der Waals surface area (Å²) < 4.78 is 11.1. The van der Waals surface area contributed by atoms with E-state index in [9.17, 15) is 14.4 Å². The molecular formula is C25H30N2O5. The molecule has 1 heterocycles. The van der Waals surface area contributed by atoms with Crippen molar-refractivity contribution in [2.24, 2.45) is 0 Å². The first kappa shape index (κ1) is 23.3. The van der Waals surface area contributed by atoms with Crippen molar-refractivity contribution < 1.29 is 23.9 Å². The number of carbonyl (C=O) groups is 3. The highest BCUT2D eigenvalue weighted by Gasteiger charge is 2.35. The smallest absolute Gasteiger partial charge is 0.308 e. The van der Waals surface area contributed by atoms with Crippen molar-refractivity contribution in [1.29, 1.82) is 0 Å². The Bertz CT molecular complexity index is 914. The van der Waals surface area contributed by atoms with Gasteiger partial charge in [-0.2, -0.15) is 0 Å². The fourth-order valence-electron chi connectivity index (χ4n) is 3.47. The van der Waals surface area contributed by atoms with Crippen molar-refractivity contribution in [2.45, 2.75) is 45.3 Å². The van der Waals surface area contributed by atoms with E-state index in [4.69, 9.17) is 9.47 Å². The fraction of sp³-hybridized carbons (Fsp3) is 0.400. The van der Waals surface area contributed by atoms with Crippen molar-refractivity contribution in [3.8, 4) is 5.75 Å². The Hall–Kier alpha value is -3.35. The van der Waals surface area contributed by atoms with Gasteiger partial charge in [-0.3, -0.25) is 14.4 Å². The van der Waals surface area contributed by atoms with Gasteiger partial charge < -0.3 is 19.7 Å². The third-order valence-corrected chi connectivity index (χ3v) is 5.46. The van der Waals surface area contributed by atoms with Gasteiger partial charge in [0.05, 0.1) is 19.1 Å². The zero-order chi connectivity index (χ0) is 22.9. The van der Waals surface area contributed by atoms with Crippen LogP contribution in [0.1, 0.15) is 42.6 Å². The Kier molecular flexibility index (Phi) is 8.25. The number of amides is 2. The van der Waals surface area contributed by atoms with Crippen LogP contribution in [-0.4, -0.2) is 54.5 Å². The predicted octanol–water partition coefficient (Wildman–Crippen LogP) is 2.98. The summed E-state index contributed by atoms with van der Waals surface area (Å²) in [6.45, 7) is 4.93. The molecule has 0 bridgehead atoms. The highest BCUT2D eigenvalue weighted by atomic mass is 16.5. The maximum atomic E-state index is 13.1. The predicted molar refractivity (Wildman–Crippen MR) is 120 cm³/mol. The van der Waals surface area contributed by atoms with E-state index in [-0.39, 0.29) is 24.3 Å². The van der Waals surface area contributed by atoms with E-state index in [2.05, 4.69) is 17.4 Å². The van der Waals surface area contributed by atoms with Crippen LogP contribution in [-0.2, 0) is 20.7 Å². The average Bonchev–Trinajstić information content (AvgIpc) is 2.81. The summed E-state index contributed by atoms with van der Waals surface area (Å²) in [6, 6.07) is 16.0. The topological polar surface area (TPSA) is 84.9 Å². The third-order valence-electron chi connectivity index (χ3n) is 5.46. The molecule has 2 amide bonds. The van der Waals surface area contributed by atoms with Crippen LogP contribution < -0.4 is 10.1 Å². The zero-order valence-corrected chi connectivity index (χ0v) is 18.6. The summed E-state index contributed by atoms with van der Waals surface area (Å²) in [6.07, 6.45) is 1.08. The monoisotopic (exact) mass is 438 g/mol. The van der Waals surface area contributed by atoms with Gasteiger partial charge in [0, 0.05) is 25.1 Å². The highest BCUT2D eigenvalue weighted by molar-refractivity contribution is 5.99. The average molecular weight is 439 g/mol. The Labute approximate surface area is 188 Å². The number of carbonyl (C=O) groups excluding carboxylic acids is 3. The third kappa shape index (κ3) is 6.33. The number of ether oxygens (including phenoxy) is 2. The first-order valence-electron chi connectivity index (χ1n) is 11.0. The van der Waals surface area contributed by atoms with Crippen LogP contribution in [0.25, 0.3) is 0 Å². The van der Waals surface area contributed by atoms with Gasteiger partial charge in [-0.1, -0.05) is 37.3 Å². The molecule has 7 heteroatoms. The van der Waals surface area contributed by atoms with Crippen LogP contribution in [0.3, 0.4) is 0 Å². The second kappa shape index (κ2) is 11.3. The Morgan fingerprint density at radius 2 is 1.84 bits per heavy atom. The van der Waals surface area contributed by atoms with Crippen molar-refractivity contribution in [1.82, 2.24) is 10.2 Å². The molecular weight excluding hydrogens is 408 g/mol. The van der Waals surface area contributed by atoms with E-state index < -0.39 is 12.0 Å². The van der Waals surface area contributed by atoms with Crippen molar-refractivity contribution >= 4 is 17.8 Å². The molecule has 170 valence electrons. The molecule has 0 aromatic heterocycles. The van der Waals surface area contributed by atoms with Gasteiger partial charge in [0.15, 0.2) is 0 Å². The lowest BCUT2D eigenvalue weighted by Crippen LogP contribution is -2.57. The molecule has 3 rings (SSSR count). The molecule has 2 aromatic carbocycles. The van der Waals surface area contributed by atoms with Gasteiger partial charge in [-0.05, 0) is 43.2 Å². The molecule has 0 radical (unpaired) electrons. The molecule has 2 aromatic rings. The molecule has 0 spiro atoms. The van der Waals surface area contributed by atoms with Gasteiger partial charge in [0.1, 0.15) is 11.8 Å². The molecule has 2 atom stereocenters. The molecule has 2 unspecified atom stereocenters. The van der Waals surface area contributed by atoms with E-state index in [1.165, 1.54) is 10.5 Å². The van der Waals surface area contributed by atoms with E-state index in [1.807, 2.05) is 25.1 Å². The van der Waals surface area contributed by atoms with Crippen molar-refractivity contribution in [3.63, 3.8) is 0 Å². The number of esters is 1. The van der Waals surface area contributed by atoms with Crippen molar-refractivity contribution in [3.05, 3.63) is 65.7 Å². The largest absolute Gasteiger partial charge is 0.493 e. The number of hydrogen-bond donors (Lipinski definition) is 1. The number of benzene rings is 2.